The van der Waals surface area contributed by atoms with Crippen LogP contribution in [0, 0.1) is 6.92 Å². The van der Waals surface area contributed by atoms with Crippen LogP contribution in [-0.2, 0) is 11.3 Å². The van der Waals surface area contributed by atoms with Crippen LogP contribution in [0.15, 0.2) is 47.3 Å². The monoisotopic (exact) mass is 370 g/mol. The molecule has 0 aliphatic carbocycles. The van der Waals surface area contributed by atoms with Gasteiger partial charge in [-0.25, -0.2) is 0 Å². The summed E-state index contributed by atoms with van der Waals surface area (Å²) >= 11 is 1.19. The standard InChI is InChI=1S/C20H22N2O3S/c1-4-17(25-15-9-6-13(3)7-10-15)19(23)21-14-8-11-16-18(12-14)26-20(24)22(16)5-2/h6-12,17H,4-5H2,1-3H3,(H,21,23)/t17-/m0/s1. The quantitative estimate of drug-likeness (QED) is 0.708. The molecule has 0 aliphatic rings. The summed E-state index contributed by atoms with van der Waals surface area (Å²) in [5.74, 6) is 0.473. The lowest BCUT2D eigenvalue weighted by atomic mass is 10.2. The van der Waals surface area contributed by atoms with Crippen molar-refractivity contribution in [3.05, 3.63) is 57.7 Å². The van der Waals surface area contributed by atoms with E-state index in [4.69, 9.17) is 4.74 Å². The lowest BCUT2D eigenvalue weighted by molar-refractivity contribution is -0.122. The van der Waals surface area contributed by atoms with Gasteiger partial charge < -0.3 is 10.1 Å². The lowest BCUT2D eigenvalue weighted by Gasteiger charge is -2.17. The first-order chi connectivity index (χ1) is 12.5. The maximum atomic E-state index is 12.6. The van der Waals surface area contributed by atoms with Crippen molar-refractivity contribution in [2.45, 2.75) is 39.8 Å². The number of anilines is 1. The number of hydrogen-bond acceptors (Lipinski definition) is 4. The van der Waals surface area contributed by atoms with E-state index in [0.29, 0.717) is 24.4 Å². The predicted octanol–water partition coefficient (Wildman–Crippen LogP) is 4.19. The number of nitrogens with one attached hydrogen (secondary N) is 1. The van der Waals surface area contributed by atoms with Crippen LogP contribution in [0.1, 0.15) is 25.8 Å². The number of carbonyl (C=O) groups is 1. The number of benzene rings is 2. The van der Waals surface area contributed by atoms with Gasteiger partial charge in [-0.05, 0) is 50.6 Å². The second kappa shape index (κ2) is 7.74. The van der Waals surface area contributed by atoms with Crippen molar-refractivity contribution in [2.75, 3.05) is 5.32 Å². The zero-order valence-corrected chi connectivity index (χ0v) is 15.9. The number of aryl methyl sites for hydroxylation is 2. The van der Waals surface area contributed by atoms with Gasteiger partial charge in [-0.2, -0.15) is 0 Å². The molecular formula is C20H22N2O3S. The molecule has 0 saturated carbocycles. The molecule has 136 valence electrons. The van der Waals surface area contributed by atoms with E-state index in [0.717, 1.165) is 15.8 Å². The Bertz CT molecular complexity index is 973. The van der Waals surface area contributed by atoms with E-state index in [1.165, 1.54) is 11.3 Å². The van der Waals surface area contributed by atoms with Gasteiger partial charge in [0, 0.05) is 12.2 Å². The number of fused-ring (bicyclic) bond motifs is 1. The fourth-order valence-corrected chi connectivity index (χ4v) is 3.76. The molecule has 3 rings (SSSR count). The van der Waals surface area contributed by atoms with Crippen LogP contribution in [0.4, 0.5) is 5.69 Å². The zero-order valence-electron chi connectivity index (χ0n) is 15.1. The summed E-state index contributed by atoms with van der Waals surface area (Å²) in [6, 6.07) is 13.2. The molecule has 0 unspecified atom stereocenters. The van der Waals surface area contributed by atoms with Crippen LogP contribution >= 0.6 is 11.3 Å². The zero-order chi connectivity index (χ0) is 18.7. The third-order valence-corrected chi connectivity index (χ3v) is 5.16. The summed E-state index contributed by atoms with van der Waals surface area (Å²) < 4.78 is 8.40. The molecule has 26 heavy (non-hydrogen) atoms. The van der Waals surface area contributed by atoms with Crippen molar-refractivity contribution in [1.29, 1.82) is 0 Å². The van der Waals surface area contributed by atoms with Crippen LogP contribution < -0.4 is 14.9 Å². The number of carbonyl (C=O) groups excluding carboxylic acids is 1. The summed E-state index contributed by atoms with van der Waals surface area (Å²) in [6.45, 7) is 6.49. The van der Waals surface area contributed by atoms with Gasteiger partial charge in [-0.15, -0.1) is 0 Å². The number of ether oxygens (including phenoxy) is 1. The average Bonchev–Trinajstić information content (AvgIpc) is 2.95. The summed E-state index contributed by atoms with van der Waals surface area (Å²) in [5.41, 5.74) is 2.70. The van der Waals surface area contributed by atoms with E-state index in [-0.39, 0.29) is 10.8 Å². The van der Waals surface area contributed by atoms with E-state index in [2.05, 4.69) is 5.32 Å². The number of nitrogens with zero attached hydrogens (tertiary/aromatic N) is 1. The smallest absolute Gasteiger partial charge is 0.308 e. The highest BCUT2D eigenvalue weighted by Gasteiger charge is 2.19. The molecule has 0 bridgehead atoms. The van der Waals surface area contributed by atoms with Crippen LogP contribution in [0.25, 0.3) is 10.2 Å². The maximum Gasteiger partial charge on any atom is 0.308 e. The minimum absolute atomic E-state index is 0.0140. The number of amides is 1. The van der Waals surface area contributed by atoms with Crippen LogP contribution in [0.3, 0.4) is 0 Å². The number of aromatic nitrogens is 1. The second-order valence-electron chi connectivity index (χ2n) is 6.11. The molecule has 1 aromatic heterocycles. The molecule has 1 N–H and O–H groups in total. The first kappa shape index (κ1) is 18.2. The fourth-order valence-electron chi connectivity index (χ4n) is 2.77. The normalized spacial score (nSPS) is 12.1. The third kappa shape index (κ3) is 3.80. The van der Waals surface area contributed by atoms with Crippen molar-refractivity contribution in [3.8, 4) is 5.75 Å². The van der Waals surface area contributed by atoms with Crippen molar-refractivity contribution in [2.24, 2.45) is 0 Å². The first-order valence-corrected chi connectivity index (χ1v) is 9.51. The van der Waals surface area contributed by atoms with Gasteiger partial charge in [-0.3, -0.25) is 14.2 Å². The van der Waals surface area contributed by atoms with Gasteiger partial charge >= 0.3 is 4.87 Å². The summed E-state index contributed by atoms with van der Waals surface area (Å²) in [5, 5.41) is 2.89. The Hall–Kier alpha value is -2.60. The maximum absolute atomic E-state index is 12.6. The Morgan fingerprint density at radius 2 is 1.92 bits per heavy atom. The third-order valence-electron chi connectivity index (χ3n) is 4.21. The van der Waals surface area contributed by atoms with Gasteiger partial charge in [0.1, 0.15) is 5.75 Å². The molecule has 1 amide bonds. The van der Waals surface area contributed by atoms with Crippen molar-refractivity contribution < 1.29 is 9.53 Å². The topological polar surface area (TPSA) is 60.3 Å². The van der Waals surface area contributed by atoms with Gasteiger partial charge in [0.15, 0.2) is 6.10 Å². The van der Waals surface area contributed by atoms with E-state index in [1.807, 2.05) is 63.2 Å². The van der Waals surface area contributed by atoms with E-state index < -0.39 is 6.10 Å². The number of hydrogen-bond donors (Lipinski definition) is 1. The molecule has 0 spiro atoms. The summed E-state index contributed by atoms with van der Waals surface area (Å²) in [6.07, 6.45) is -0.0195. The molecule has 0 fully saturated rings. The second-order valence-corrected chi connectivity index (χ2v) is 7.10. The molecule has 0 saturated heterocycles. The minimum atomic E-state index is -0.576. The Morgan fingerprint density at radius 1 is 1.19 bits per heavy atom. The van der Waals surface area contributed by atoms with Crippen LogP contribution in [0.2, 0.25) is 0 Å². The fraction of sp³-hybridized carbons (Fsp3) is 0.300. The Kier molecular flexibility index (Phi) is 5.42. The van der Waals surface area contributed by atoms with E-state index in [1.54, 1.807) is 4.57 Å². The molecule has 2 aromatic carbocycles. The molecule has 6 heteroatoms. The molecule has 0 radical (unpaired) electrons. The van der Waals surface area contributed by atoms with Crippen LogP contribution in [-0.4, -0.2) is 16.6 Å². The SMILES string of the molecule is CC[C@H](Oc1ccc(C)cc1)C(=O)Nc1ccc2c(c1)sc(=O)n2CC. The van der Waals surface area contributed by atoms with Crippen molar-refractivity contribution >= 4 is 33.1 Å². The van der Waals surface area contributed by atoms with Gasteiger partial charge in [0.05, 0.1) is 10.2 Å². The molecular weight excluding hydrogens is 348 g/mol. The lowest BCUT2D eigenvalue weighted by Crippen LogP contribution is -2.32. The molecule has 0 aliphatic heterocycles. The first-order valence-electron chi connectivity index (χ1n) is 8.69. The highest BCUT2D eigenvalue weighted by Crippen LogP contribution is 2.22. The van der Waals surface area contributed by atoms with Gasteiger partial charge in [-0.1, -0.05) is 36.0 Å². The van der Waals surface area contributed by atoms with Crippen molar-refractivity contribution in [3.63, 3.8) is 0 Å². The largest absolute Gasteiger partial charge is 0.481 e. The molecule has 5 nitrogen and oxygen atoms in total. The Labute approximate surface area is 156 Å². The highest BCUT2D eigenvalue weighted by atomic mass is 32.1. The predicted molar refractivity (Wildman–Crippen MR) is 106 cm³/mol. The average molecular weight is 370 g/mol. The summed E-state index contributed by atoms with van der Waals surface area (Å²) in [4.78, 5) is 24.6. The Balaban J connectivity index is 1.76. The number of rotatable bonds is 6. The van der Waals surface area contributed by atoms with Gasteiger partial charge in [0.2, 0.25) is 0 Å². The molecule has 1 atom stereocenters. The minimum Gasteiger partial charge on any atom is -0.481 e. The van der Waals surface area contributed by atoms with Crippen molar-refractivity contribution in [1.82, 2.24) is 4.57 Å². The number of thiazole rings is 1. The molecule has 3 aromatic rings. The molecule has 1 heterocycles. The highest BCUT2D eigenvalue weighted by molar-refractivity contribution is 7.16. The summed E-state index contributed by atoms with van der Waals surface area (Å²) in [7, 11) is 0. The van der Waals surface area contributed by atoms with Crippen LogP contribution in [0.5, 0.6) is 5.75 Å². The van der Waals surface area contributed by atoms with Gasteiger partial charge in [0.25, 0.3) is 5.91 Å². The van der Waals surface area contributed by atoms with E-state index >= 15 is 0 Å². The Morgan fingerprint density at radius 3 is 2.58 bits per heavy atom. The van der Waals surface area contributed by atoms with E-state index in [9.17, 15) is 9.59 Å².